The van der Waals surface area contributed by atoms with Crippen molar-refractivity contribution in [2.75, 3.05) is 46.9 Å². The third-order valence-electron chi connectivity index (χ3n) is 13.6. The van der Waals surface area contributed by atoms with Crippen LogP contribution in [0.3, 0.4) is 0 Å². The Balaban J connectivity index is 5.05. The minimum absolute atomic E-state index is 0.00932. The van der Waals surface area contributed by atoms with E-state index in [4.69, 9.17) is 18.9 Å². The van der Waals surface area contributed by atoms with Crippen molar-refractivity contribution < 1.29 is 33.3 Å². The minimum atomic E-state index is -0.199. The van der Waals surface area contributed by atoms with Gasteiger partial charge >= 0.3 is 18.0 Å². The second-order valence-electron chi connectivity index (χ2n) is 20.8. The van der Waals surface area contributed by atoms with E-state index < -0.39 is 0 Å². The number of carbonyl (C=O) groups is 3. The first kappa shape index (κ1) is 66.1. The number of esters is 2. The number of carbonyl (C=O) groups excluding carboxylic acids is 3. The van der Waals surface area contributed by atoms with E-state index in [1.54, 1.807) is 0 Å². The summed E-state index contributed by atoms with van der Waals surface area (Å²) in [6.45, 7) is 14.6. The molecule has 0 saturated heterocycles. The van der Waals surface area contributed by atoms with Gasteiger partial charge in [-0.25, -0.2) is 4.79 Å². The predicted octanol–water partition coefficient (Wildman–Crippen LogP) is 17.3. The van der Waals surface area contributed by atoms with Gasteiger partial charge in [-0.15, -0.1) is 0 Å². The molecule has 0 aromatic carbocycles. The highest BCUT2D eigenvalue weighted by atomic mass is 16.6. The lowest BCUT2D eigenvalue weighted by atomic mass is 10.0. The van der Waals surface area contributed by atoms with Crippen LogP contribution < -0.4 is 0 Å². The number of unbranched alkanes of at least 4 members (excludes halogenated alkanes) is 25. The van der Waals surface area contributed by atoms with E-state index in [1.165, 1.54) is 96.3 Å². The minimum Gasteiger partial charge on any atom is -0.462 e. The fourth-order valence-corrected chi connectivity index (χ4v) is 9.17. The summed E-state index contributed by atoms with van der Waals surface area (Å²) >= 11 is 0. The van der Waals surface area contributed by atoms with Gasteiger partial charge in [-0.05, 0) is 123 Å². The first-order valence-electron chi connectivity index (χ1n) is 29.8. The lowest BCUT2D eigenvalue weighted by Gasteiger charge is -2.26. The molecule has 0 aliphatic rings. The van der Waals surface area contributed by atoms with Gasteiger partial charge in [0, 0.05) is 32.5 Å². The quantitative estimate of drug-likeness (QED) is 0.0338. The third-order valence-corrected chi connectivity index (χ3v) is 13.6. The molecule has 9 heteroatoms. The van der Waals surface area contributed by atoms with Crippen LogP contribution in [-0.4, -0.2) is 93.1 Å². The van der Waals surface area contributed by atoms with E-state index in [9.17, 15) is 14.4 Å². The number of amides is 1. The van der Waals surface area contributed by atoms with Crippen LogP contribution in [0.4, 0.5) is 4.79 Å². The lowest BCUT2D eigenvalue weighted by Crippen LogP contribution is -2.38. The number of hydrogen-bond donors (Lipinski definition) is 0. The Kier molecular flexibility index (Phi) is 50.1. The van der Waals surface area contributed by atoms with E-state index in [-0.39, 0.29) is 36.3 Å². The Morgan fingerprint density at radius 1 is 0.338 bits per heavy atom. The van der Waals surface area contributed by atoms with Crippen LogP contribution in [0.1, 0.15) is 298 Å². The molecule has 0 spiro atoms. The molecule has 0 N–H and O–H groups in total. The zero-order valence-electron chi connectivity index (χ0n) is 46.5. The molecule has 9 nitrogen and oxygen atoms in total. The van der Waals surface area contributed by atoms with Crippen molar-refractivity contribution in [2.45, 2.75) is 316 Å². The number of rotatable bonds is 53. The fourth-order valence-electron chi connectivity index (χ4n) is 9.17. The molecule has 404 valence electrons. The standard InChI is InChI=1S/C59H116N2O7/c1-8-13-18-31-41-54(42-32-19-14-9-2)66-57(62)47-37-29-25-23-27-35-45-56(68-59(64)61(50-40-49-60(6)7)51-53-65-52-39-22-17-12-5)46-36-28-24-26-30-38-48-58(63)67-55(43-33-20-15-10-3)44-34-21-16-11-4/h54-56H,8-53H2,1-7H3. The summed E-state index contributed by atoms with van der Waals surface area (Å²) in [5.74, 6) is -0.0186. The smallest absolute Gasteiger partial charge is 0.410 e. The predicted molar refractivity (Wildman–Crippen MR) is 289 cm³/mol. The molecule has 0 aromatic heterocycles. The van der Waals surface area contributed by atoms with Crippen molar-refractivity contribution in [1.29, 1.82) is 0 Å². The van der Waals surface area contributed by atoms with Crippen molar-refractivity contribution in [1.82, 2.24) is 9.80 Å². The average molecular weight is 966 g/mol. The molecule has 0 saturated carbocycles. The van der Waals surface area contributed by atoms with Gasteiger partial charge in [0.05, 0.1) is 6.61 Å². The molecule has 0 unspecified atom stereocenters. The van der Waals surface area contributed by atoms with Gasteiger partial charge in [-0.1, -0.05) is 182 Å². The molecule has 0 bridgehead atoms. The Morgan fingerprint density at radius 2 is 0.662 bits per heavy atom. The Bertz CT molecular complexity index is 1010. The molecular weight excluding hydrogens is 849 g/mol. The number of nitrogens with zero attached hydrogens (tertiary/aromatic N) is 2. The monoisotopic (exact) mass is 965 g/mol. The molecule has 0 heterocycles. The second kappa shape index (κ2) is 51.5. The molecular formula is C59H116N2O7. The first-order chi connectivity index (χ1) is 33.2. The van der Waals surface area contributed by atoms with Crippen LogP contribution in [0, 0.1) is 0 Å². The topological polar surface area (TPSA) is 94.6 Å². The summed E-state index contributed by atoms with van der Waals surface area (Å²) in [5, 5.41) is 0. The molecule has 0 rings (SSSR count). The molecule has 0 aliphatic heterocycles. The SMILES string of the molecule is CCCCCCOCCN(CCCN(C)C)C(=O)OC(CCCCCCCCC(=O)OC(CCCCCC)CCCCCC)CCCCCCCCC(=O)OC(CCCCCC)CCCCCC. The largest absolute Gasteiger partial charge is 0.462 e. The van der Waals surface area contributed by atoms with Crippen molar-refractivity contribution in [3.63, 3.8) is 0 Å². The fraction of sp³-hybridized carbons (Fsp3) is 0.949. The van der Waals surface area contributed by atoms with Crippen LogP contribution in [0.15, 0.2) is 0 Å². The summed E-state index contributed by atoms with van der Waals surface area (Å²) in [6.07, 6.45) is 44.5. The van der Waals surface area contributed by atoms with Gasteiger partial charge in [0.1, 0.15) is 18.3 Å². The van der Waals surface area contributed by atoms with Crippen molar-refractivity contribution >= 4 is 18.0 Å². The normalized spacial score (nSPS) is 11.7. The number of ether oxygens (including phenoxy) is 4. The second-order valence-corrected chi connectivity index (χ2v) is 20.8. The summed E-state index contributed by atoms with van der Waals surface area (Å²) in [7, 11) is 4.15. The van der Waals surface area contributed by atoms with Crippen LogP contribution in [0.2, 0.25) is 0 Å². The van der Waals surface area contributed by atoms with E-state index in [2.05, 4.69) is 53.6 Å². The Hall–Kier alpha value is -1.87. The number of hydrogen-bond acceptors (Lipinski definition) is 8. The van der Waals surface area contributed by atoms with E-state index >= 15 is 0 Å². The summed E-state index contributed by atoms with van der Waals surface area (Å²) < 4.78 is 24.3. The van der Waals surface area contributed by atoms with E-state index in [1.807, 2.05) is 4.90 Å². The Labute approximate surface area is 422 Å². The van der Waals surface area contributed by atoms with Gasteiger partial charge in [0.15, 0.2) is 0 Å². The van der Waals surface area contributed by atoms with Gasteiger partial charge in [-0.3, -0.25) is 9.59 Å². The first-order valence-corrected chi connectivity index (χ1v) is 29.8. The van der Waals surface area contributed by atoms with Crippen LogP contribution in [0.5, 0.6) is 0 Å². The maximum atomic E-state index is 13.8. The van der Waals surface area contributed by atoms with Gasteiger partial charge in [0.25, 0.3) is 0 Å². The summed E-state index contributed by atoms with van der Waals surface area (Å²) in [5.41, 5.74) is 0. The van der Waals surface area contributed by atoms with E-state index in [0.717, 1.165) is 167 Å². The third kappa shape index (κ3) is 45.3. The molecule has 0 atom stereocenters. The Morgan fingerprint density at radius 3 is 1.03 bits per heavy atom. The van der Waals surface area contributed by atoms with E-state index in [0.29, 0.717) is 32.5 Å². The highest BCUT2D eigenvalue weighted by Gasteiger charge is 2.21. The molecule has 0 aromatic rings. The summed E-state index contributed by atoms with van der Waals surface area (Å²) in [6, 6.07) is 0. The zero-order valence-corrected chi connectivity index (χ0v) is 46.5. The molecule has 0 aliphatic carbocycles. The van der Waals surface area contributed by atoms with Crippen LogP contribution >= 0.6 is 0 Å². The molecule has 1 amide bonds. The summed E-state index contributed by atoms with van der Waals surface area (Å²) in [4.78, 5) is 43.4. The highest BCUT2D eigenvalue weighted by Crippen LogP contribution is 2.21. The van der Waals surface area contributed by atoms with Crippen molar-refractivity contribution in [2.24, 2.45) is 0 Å². The van der Waals surface area contributed by atoms with Gasteiger partial charge in [0.2, 0.25) is 0 Å². The molecule has 0 fully saturated rings. The molecule has 0 radical (unpaired) electrons. The maximum absolute atomic E-state index is 13.8. The van der Waals surface area contributed by atoms with Crippen molar-refractivity contribution in [3.8, 4) is 0 Å². The van der Waals surface area contributed by atoms with Crippen molar-refractivity contribution in [3.05, 3.63) is 0 Å². The zero-order chi connectivity index (χ0) is 50.0. The van der Waals surface area contributed by atoms with Crippen LogP contribution in [-0.2, 0) is 28.5 Å². The van der Waals surface area contributed by atoms with Crippen LogP contribution in [0.25, 0.3) is 0 Å². The lowest BCUT2D eigenvalue weighted by molar-refractivity contribution is -0.151. The maximum Gasteiger partial charge on any atom is 0.410 e. The average Bonchev–Trinajstić information content (AvgIpc) is 3.32. The molecule has 68 heavy (non-hydrogen) atoms. The van der Waals surface area contributed by atoms with Gasteiger partial charge < -0.3 is 28.7 Å². The van der Waals surface area contributed by atoms with Gasteiger partial charge in [-0.2, -0.15) is 0 Å². The highest BCUT2D eigenvalue weighted by molar-refractivity contribution is 5.70.